The van der Waals surface area contributed by atoms with E-state index in [1.54, 1.807) is 0 Å². The molecule has 1 aliphatic rings. The van der Waals surface area contributed by atoms with Crippen LogP contribution in [-0.4, -0.2) is 0 Å². The van der Waals surface area contributed by atoms with Crippen LogP contribution in [0.1, 0.15) is 25.0 Å². The highest BCUT2D eigenvalue weighted by atomic mass is 32.1. The van der Waals surface area contributed by atoms with Crippen LogP contribution in [0.5, 0.6) is 0 Å². The largest absolute Gasteiger partial charge is 0.310 e. The van der Waals surface area contributed by atoms with Crippen molar-refractivity contribution in [1.29, 1.82) is 0 Å². The second-order valence-corrected chi connectivity index (χ2v) is 15.2. The van der Waals surface area contributed by atoms with Gasteiger partial charge in [0.2, 0.25) is 0 Å². The van der Waals surface area contributed by atoms with Crippen molar-refractivity contribution in [2.45, 2.75) is 19.3 Å². The smallest absolute Gasteiger partial charge is 0.0619 e. The minimum absolute atomic E-state index is 0.308. The molecule has 0 saturated heterocycles. The average Bonchev–Trinajstić information content (AvgIpc) is 3.58. The molecule has 9 aromatic rings. The maximum atomic E-state index is 2.57. The van der Waals surface area contributed by atoms with Gasteiger partial charge in [-0.15, -0.1) is 11.3 Å². The Morgan fingerprint density at radius 3 is 1.88 bits per heavy atom. The van der Waals surface area contributed by atoms with Crippen molar-refractivity contribution >= 4 is 76.4 Å². The van der Waals surface area contributed by atoms with Gasteiger partial charge in [0.15, 0.2) is 0 Å². The molecule has 52 heavy (non-hydrogen) atoms. The highest BCUT2D eigenvalue weighted by Crippen LogP contribution is 2.58. The van der Waals surface area contributed by atoms with Crippen LogP contribution in [0.15, 0.2) is 182 Å². The molecule has 0 atom stereocenters. The monoisotopic (exact) mass is 684 g/mol. The molecule has 0 N–H and O–H groups in total. The Morgan fingerprint density at radius 2 is 1.10 bits per heavy atom. The van der Waals surface area contributed by atoms with E-state index in [0.717, 1.165) is 11.4 Å². The molecule has 1 aromatic heterocycles. The number of anilines is 6. The Morgan fingerprint density at radius 1 is 0.481 bits per heavy atom. The molecular weight excluding hydrogens is 649 g/mol. The van der Waals surface area contributed by atoms with Gasteiger partial charge in [-0.05, 0) is 59.5 Å². The first-order valence-corrected chi connectivity index (χ1v) is 18.8. The summed E-state index contributed by atoms with van der Waals surface area (Å²) in [5.74, 6) is 0. The summed E-state index contributed by atoms with van der Waals surface area (Å²) in [5, 5.41) is 5.07. The lowest BCUT2D eigenvalue weighted by atomic mass is 9.72. The minimum Gasteiger partial charge on any atom is -0.310 e. The Labute approximate surface area is 308 Å². The van der Waals surface area contributed by atoms with E-state index in [2.05, 4.69) is 206 Å². The van der Waals surface area contributed by atoms with E-state index >= 15 is 0 Å². The van der Waals surface area contributed by atoms with Gasteiger partial charge in [0.1, 0.15) is 0 Å². The fourth-order valence-electron chi connectivity index (χ4n) is 8.50. The van der Waals surface area contributed by atoms with Crippen molar-refractivity contribution < 1.29 is 0 Å². The summed E-state index contributed by atoms with van der Waals surface area (Å²) in [5.41, 5.74) is 11.8. The van der Waals surface area contributed by atoms with Gasteiger partial charge < -0.3 is 9.80 Å². The molecule has 2 nitrogen and oxygen atoms in total. The topological polar surface area (TPSA) is 6.48 Å². The summed E-state index contributed by atoms with van der Waals surface area (Å²) in [7, 11) is 0. The van der Waals surface area contributed by atoms with E-state index in [0.29, 0.717) is 0 Å². The van der Waals surface area contributed by atoms with E-state index < -0.39 is 0 Å². The Kier molecular flexibility index (Phi) is 7.06. The first-order chi connectivity index (χ1) is 25.6. The van der Waals surface area contributed by atoms with Crippen LogP contribution < -0.4 is 9.80 Å². The molecule has 1 aliphatic heterocycles. The quantitative estimate of drug-likeness (QED) is 0.178. The number of nitrogens with zero attached hydrogens (tertiary/aromatic N) is 2. The van der Waals surface area contributed by atoms with Crippen molar-refractivity contribution in [3.05, 3.63) is 193 Å². The summed E-state index contributed by atoms with van der Waals surface area (Å²) in [4.78, 5) is 4.99. The second kappa shape index (κ2) is 12.0. The summed E-state index contributed by atoms with van der Waals surface area (Å²) in [6.07, 6.45) is 0. The number of hydrogen-bond donors (Lipinski definition) is 0. The van der Waals surface area contributed by atoms with Crippen LogP contribution in [0.25, 0.3) is 42.1 Å². The van der Waals surface area contributed by atoms with Gasteiger partial charge in [0, 0.05) is 59.0 Å². The standard InChI is InChI=1S/C49H36N2S/c1-49(2)41-26-12-13-27-42(41)51(44-29-16-28-43(46(44)49)50(34-18-5-3-6-19-34)35-20-7-4-8-21-35)47-36-22-10-9-17-33(36)31-32-38(47)40-25-15-24-39-37-23-11-14-30-45(37)52-48(39)40/h3-32H,1-2H3. The van der Waals surface area contributed by atoms with Gasteiger partial charge in [-0.1, -0.05) is 147 Å². The van der Waals surface area contributed by atoms with Crippen LogP contribution >= 0.6 is 11.3 Å². The van der Waals surface area contributed by atoms with E-state index in [1.807, 2.05) is 11.3 Å². The number of thiophene rings is 1. The number of benzene rings is 8. The fourth-order valence-corrected chi connectivity index (χ4v) is 9.73. The van der Waals surface area contributed by atoms with Crippen LogP contribution in [0.3, 0.4) is 0 Å². The third-order valence-corrected chi connectivity index (χ3v) is 12.0. The molecule has 0 saturated carbocycles. The Bertz CT molecular complexity index is 2740. The molecule has 0 unspecified atom stereocenters. The highest BCUT2D eigenvalue weighted by molar-refractivity contribution is 7.26. The Hall–Kier alpha value is -6.16. The highest BCUT2D eigenvalue weighted by Gasteiger charge is 2.41. The first-order valence-electron chi connectivity index (χ1n) is 18.0. The molecule has 0 bridgehead atoms. The number of fused-ring (bicyclic) bond motifs is 6. The Balaban J connectivity index is 1.31. The third kappa shape index (κ3) is 4.63. The van der Waals surface area contributed by atoms with Crippen LogP contribution in [0, 0.1) is 0 Å². The maximum absolute atomic E-state index is 2.57. The van der Waals surface area contributed by atoms with E-state index in [1.165, 1.54) is 75.9 Å². The summed E-state index contributed by atoms with van der Waals surface area (Å²) < 4.78 is 2.63. The predicted molar refractivity (Wildman–Crippen MR) is 224 cm³/mol. The SMILES string of the molecule is CC1(C)c2ccccc2N(c2c(-c3cccc4c3sc3ccccc34)ccc3ccccc23)c2cccc(N(c3ccccc3)c3ccccc3)c21. The second-order valence-electron chi connectivity index (χ2n) is 14.1. The van der Waals surface area contributed by atoms with Crippen LogP contribution in [0.2, 0.25) is 0 Å². The first kappa shape index (κ1) is 30.6. The van der Waals surface area contributed by atoms with Gasteiger partial charge in [-0.25, -0.2) is 0 Å². The van der Waals surface area contributed by atoms with Crippen molar-refractivity contribution in [2.75, 3.05) is 9.80 Å². The van der Waals surface area contributed by atoms with E-state index in [4.69, 9.17) is 0 Å². The maximum Gasteiger partial charge on any atom is 0.0619 e. The lowest BCUT2D eigenvalue weighted by Crippen LogP contribution is -2.32. The molecule has 0 fully saturated rings. The molecule has 248 valence electrons. The number of hydrogen-bond acceptors (Lipinski definition) is 3. The average molecular weight is 685 g/mol. The number of para-hydroxylation sites is 3. The molecular formula is C49H36N2S. The minimum atomic E-state index is -0.308. The van der Waals surface area contributed by atoms with E-state index in [-0.39, 0.29) is 5.41 Å². The zero-order valence-corrected chi connectivity index (χ0v) is 29.9. The van der Waals surface area contributed by atoms with Gasteiger partial charge in [0.25, 0.3) is 0 Å². The van der Waals surface area contributed by atoms with Crippen LogP contribution in [0.4, 0.5) is 34.1 Å². The normalized spacial score (nSPS) is 13.3. The van der Waals surface area contributed by atoms with Gasteiger partial charge >= 0.3 is 0 Å². The predicted octanol–water partition coefficient (Wildman–Crippen LogP) is 14.5. The molecule has 3 heteroatoms. The molecule has 0 aliphatic carbocycles. The van der Waals surface area contributed by atoms with Crippen molar-refractivity contribution in [3.8, 4) is 11.1 Å². The zero-order chi connectivity index (χ0) is 34.8. The number of rotatable bonds is 5. The third-order valence-electron chi connectivity index (χ3n) is 10.8. The molecule has 8 aromatic carbocycles. The lowest BCUT2D eigenvalue weighted by molar-refractivity contribution is 0.632. The zero-order valence-electron chi connectivity index (χ0n) is 29.1. The van der Waals surface area contributed by atoms with Gasteiger partial charge in [-0.3, -0.25) is 0 Å². The molecule has 0 spiro atoms. The van der Waals surface area contributed by atoms with Crippen LogP contribution in [-0.2, 0) is 5.41 Å². The van der Waals surface area contributed by atoms with Crippen molar-refractivity contribution in [2.24, 2.45) is 0 Å². The summed E-state index contributed by atoms with van der Waals surface area (Å²) in [6.45, 7) is 4.78. The molecule has 0 radical (unpaired) electrons. The lowest BCUT2D eigenvalue weighted by Gasteiger charge is -2.45. The summed E-state index contributed by atoms with van der Waals surface area (Å²) >= 11 is 1.89. The summed E-state index contributed by atoms with van der Waals surface area (Å²) in [6, 6.07) is 66.6. The fraction of sp³-hybridized carbons (Fsp3) is 0.0612. The molecule has 0 amide bonds. The van der Waals surface area contributed by atoms with Crippen molar-refractivity contribution in [1.82, 2.24) is 0 Å². The molecule has 2 heterocycles. The van der Waals surface area contributed by atoms with Gasteiger partial charge in [0.05, 0.1) is 22.7 Å². The van der Waals surface area contributed by atoms with Crippen molar-refractivity contribution in [3.63, 3.8) is 0 Å². The molecule has 10 rings (SSSR count). The van der Waals surface area contributed by atoms with Gasteiger partial charge in [-0.2, -0.15) is 0 Å². The van der Waals surface area contributed by atoms with E-state index in [9.17, 15) is 0 Å².